The lowest BCUT2D eigenvalue weighted by Crippen LogP contribution is -2.48. The first kappa shape index (κ1) is 27.1. The molecule has 1 saturated carbocycles. The fourth-order valence-electron chi connectivity index (χ4n) is 4.01. The van der Waals surface area contributed by atoms with Crippen LogP contribution in [0.3, 0.4) is 0 Å². The smallest absolute Gasteiger partial charge is 0.387 e. The Bertz CT molecular complexity index is 1070. The Balaban J connectivity index is 1.66. The first-order chi connectivity index (χ1) is 17.0. The second-order valence-electron chi connectivity index (χ2n) is 9.05. The number of halogens is 4. The molecule has 1 aromatic carbocycles. The summed E-state index contributed by atoms with van der Waals surface area (Å²) in [6, 6.07) is 4.12. The molecule has 1 atom stereocenters. The van der Waals surface area contributed by atoms with Crippen molar-refractivity contribution in [1.29, 1.82) is 5.41 Å². The molecule has 0 radical (unpaired) electrons. The standard InChI is InChI=1S/C25H31F4N7/c1-16(36-19-5-6-24(7-8-24)35-13-19)9-23(31)34-14-22(32-2)20-10-17(3-4-21(20)26)18(11-30)12-33-15-25(27,28)29/h3-4,10-12,14,19,30,33,35-36H,1-2,5-9,13,15H2,(H2,31,34)/b18-12+,22-14-,30-11?. The van der Waals surface area contributed by atoms with Gasteiger partial charge in [0.25, 0.3) is 0 Å². The Morgan fingerprint density at radius 1 is 1.31 bits per heavy atom. The normalized spacial score (nSPS) is 20.1. The largest absolute Gasteiger partial charge is 0.405 e. The quantitative estimate of drug-likeness (QED) is 0.177. The number of allylic oxidation sites excluding steroid dienone is 1. The minimum Gasteiger partial charge on any atom is -0.387 e. The Kier molecular flexibility index (Phi) is 8.67. The molecule has 1 aliphatic carbocycles. The van der Waals surface area contributed by atoms with Crippen LogP contribution in [0, 0.1) is 11.2 Å². The number of aliphatic imine (C=N–C) groups is 2. The fourth-order valence-corrected chi connectivity index (χ4v) is 4.01. The molecule has 2 fully saturated rings. The van der Waals surface area contributed by atoms with Crippen molar-refractivity contribution in [2.45, 2.75) is 49.9 Å². The minimum absolute atomic E-state index is 0.0156. The molecule has 11 heteroatoms. The Labute approximate surface area is 207 Å². The van der Waals surface area contributed by atoms with Crippen LogP contribution < -0.4 is 21.7 Å². The van der Waals surface area contributed by atoms with Crippen molar-refractivity contribution in [3.63, 3.8) is 0 Å². The highest BCUT2D eigenvalue weighted by Gasteiger charge is 2.44. The zero-order chi connectivity index (χ0) is 26.3. The molecule has 1 heterocycles. The van der Waals surface area contributed by atoms with E-state index >= 15 is 0 Å². The first-order valence-corrected chi connectivity index (χ1v) is 11.5. The van der Waals surface area contributed by atoms with Gasteiger partial charge in [0.2, 0.25) is 0 Å². The van der Waals surface area contributed by atoms with Crippen molar-refractivity contribution in [2.24, 2.45) is 15.7 Å². The number of alkyl halides is 3. The van der Waals surface area contributed by atoms with Gasteiger partial charge in [-0.3, -0.25) is 4.99 Å². The van der Waals surface area contributed by atoms with E-state index in [9.17, 15) is 17.6 Å². The van der Waals surface area contributed by atoms with E-state index in [1.807, 2.05) is 0 Å². The van der Waals surface area contributed by atoms with Crippen molar-refractivity contribution in [3.8, 4) is 0 Å². The third-order valence-electron chi connectivity index (χ3n) is 6.17. The highest BCUT2D eigenvalue weighted by molar-refractivity contribution is 6.08. The lowest BCUT2D eigenvalue weighted by atomic mass is 9.98. The number of nitrogens with one attached hydrogen (secondary N) is 4. The molecular formula is C25H31F4N7. The van der Waals surface area contributed by atoms with E-state index in [0.29, 0.717) is 11.1 Å². The van der Waals surface area contributed by atoms with Crippen LogP contribution >= 0.6 is 0 Å². The van der Waals surface area contributed by atoms with Crippen LogP contribution in [0.2, 0.25) is 0 Å². The van der Waals surface area contributed by atoms with Crippen LogP contribution in [0.1, 0.15) is 43.2 Å². The number of nitrogens with two attached hydrogens (primary N) is 1. The maximum atomic E-state index is 14.6. The summed E-state index contributed by atoms with van der Waals surface area (Å²) in [5.74, 6) is -0.396. The summed E-state index contributed by atoms with van der Waals surface area (Å²) in [6.45, 7) is 7.08. The van der Waals surface area contributed by atoms with E-state index in [1.54, 1.807) is 0 Å². The zero-order valence-corrected chi connectivity index (χ0v) is 19.9. The van der Waals surface area contributed by atoms with Gasteiger partial charge in [-0.15, -0.1) is 0 Å². The molecule has 1 saturated heterocycles. The average molecular weight is 506 g/mol. The lowest BCUT2D eigenvalue weighted by Gasteiger charge is -2.31. The second kappa shape index (κ2) is 11.5. The molecule has 0 aromatic heterocycles. The van der Waals surface area contributed by atoms with Crippen molar-refractivity contribution < 1.29 is 17.6 Å². The van der Waals surface area contributed by atoms with Gasteiger partial charge >= 0.3 is 6.18 Å². The number of nitrogens with zero attached hydrogens (tertiary/aromatic N) is 2. The number of hydrogen-bond acceptors (Lipinski definition) is 6. The van der Waals surface area contributed by atoms with E-state index in [0.717, 1.165) is 43.6 Å². The molecule has 1 aliphatic heterocycles. The SMILES string of the molecule is C=N/C(=C\N=C(\N)CC(=C)NC1CCC2(CC2)NC1)c1cc(/C(C=N)=C/NCC(F)(F)F)ccc1F. The minimum atomic E-state index is -4.41. The molecular weight excluding hydrogens is 474 g/mol. The molecule has 1 spiro atoms. The number of piperidine rings is 1. The van der Waals surface area contributed by atoms with Gasteiger partial charge in [-0.25, -0.2) is 9.38 Å². The summed E-state index contributed by atoms with van der Waals surface area (Å²) in [4.78, 5) is 7.99. The second-order valence-corrected chi connectivity index (χ2v) is 9.05. The molecule has 2 aliphatic rings. The van der Waals surface area contributed by atoms with Gasteiger partial charge < -0.3 is 27.1 Å². The highest BCUT2D eigenvalue weighted by atomic mass is 19.4. The third-order valence-corrected chi connectivity index (χ3v) is 6.17. The number of rotatable bonds is 11. The van der Waals surface area contributed by atoms with Crippen LogP contribution in [-0.4, -0.2) is 49.6 Å². The van der Waals surface area contributed by atoms with E-state index in [4.69, 9.17) is 11.1 Å². The monoisotopic (exact) mass is 505 g/mol. The molecule has 7 nitrogen and oxygen atoms in total. The zero-order valence-electron chi connectivity index (χ0n) is 19.9. The predicted molar refractivity (Wildman–Crippen MR) is 136 cm³/mol. The van der Waals surface area contributed by atoms with Gasteiger partial charge in [0.15, 0.2) is 0 Å². The van der Waals surface area contributed by atoms with Gasteiger partial charge in [0, 0.05) is 53.8 Å². The average Bonchev–Trinajstić information content (AvgIpc) is 3.58. The molecule has 6 N–H and O–H groups in total. The van der Waals surface area contributed by atoms with E-state index in [-0.39, 0.29) is 35.1 Å². The van der Waals surface area contributed by atoms with Crippen LogP contribution in [0.4, 0.5) is 17.6 Å². The Morgan fingerprint density at radius 3 is 2.64 bits per heavy atom. The van der Waals surface area contributed by atoms with Gasteiger partial charge in [0.1, 0.15) is 18.2 Å². The molecule has 0 bridgehead atoms. The summed E-state index contributed by atoms with van der Waals surface area (Å²) in [5.41, 5.74) is 7.65. The molecule has 1 unspecified atom stereocenters. The van der Waals surface area contributed by atoms with E-state index in [1.165, 1.54) is 31.2 Å². The Morgan fingerprint density at radius 2 is 2.06 bits per heavy atom. The van der Waals surface area contributed by atoms with Crippen LogP contribution in [0.15, 0.2) is 52.9 Å². The van der Waals surface area contributed by atoms with Crippen LogP contribution in [-0.2, 0) is 0 Å². The topological polar surface area (TPSA) is 111 Å². The molecule has 0 amide bonds. The number of benzene rings is 1. The molecule has 3 rings (SSSR count). The first-order valence-electron chi connectivity index (χ1n) is 11.5. The maximum absolute atomic E-state index is 14.6. The van der Waals surface area contributed by atoms with E-state index < -0.39 is 18.5 Å². The summed E-state index contributed by atoms with van der Waals surface area (Å²) in [6.07, 6.45) is 3.73. The van der Waals surface area contributed by atoms with Crippen LogP contribution in [0.5, 0.6) is 0 Å². The summed E-state index contributed by atoms with van der Waals surface area (Å²) in [7, 11) is 0. The van der Waals surface area contributed by atoms with Gasteiger partial charge in [-0.2, -0.15) is 13.2 Å². The Hall–Kier alpha value is -3.47. The maximum Gasteiger partial charge on any atom is 0.405 e. The van der Waals surface area contributed by atoms with Crippen LogP contribution in [0.25, 0.3) is 11.3 Å². The number of hydrogen-bond donors (Lipinski definition) is 5. The fraction of sp³-hybridized carbons (Fsp3) is 0.400. The summed E-state index contributed by atoms with van der Waals surface area (Å²) < 4.78 is 51.8. The van der Waals surface area contributed by atoms with E-state index in [2.05, 4.69) is 39.2 Å². The molecule has 194 valence electrons. The van der Waals surface area contributed by atoms with Crippen molar-refractivity contribution >= 4 is 30.0 Å². The van der Waals surface area contributed by atoms with Gasteiger partial charge in [-0.1, -0.05) is 12.6 Å². The summed E-state index contributed by atoms with van der Waals surface area (Å²) >= 11 is 0. The lowest BCUT2D eigenvalue weighted by molar-refractivity contribution is -0.122. The van der Waals surface area contributed by atoms with Gasteiger partial charge in [0.05, 0.1) is 11.9 Å². The molecule has 36 heavy (non-hydrogen) atoms. The number of amidine groups is 1. The van der Waals surface area contributed by atoms with Crippen molar-refractivity contribution in [3.05, 3.63) is 59.8 Å². The highest BCUT2D eigenvalue weighted by Crippen LogP contribution is 2.41. The molecule has 1 aromatic rings. The van der Waals surface area contributed by atoms with Gasteiger partial charge in [-0.05, 0) is 50.1 Å². The third kappa shape index (κ3) is 7.77. The predicted octanol–water partition coefficient (Wildman–Crippen LogP) is 4.10. The van der Waals surface area contributed by atoms with Crippen molar-refractivity contribution in [1.82, 2.24) is 16.0 Å². The summed E-state index contributed by atoms with van der Waals surface area (Å²) in [5, 5.41) is 16.6. The van der Waals surface area contributed by atoms with Crippen molar-refractivity contribution in [2.75, 3.05) is 13.1 Å².